The van der Waals surface area contributed by atoms with Crippen LogP contribution in [-0.4, -0.2) is 11.6 Å². The molecule has 0 heterocycles. The molecule has 0 amide bonds. The Bertz CT molecular complexity index is 431. The summed E-state index contributed by atoms with van der Waals surface area (Å²) in [4.78, 5) is 12.8. The van der Waals surface area contributed by atoms with Crippen molar-refractivity contribution < 1.29 is 9.53 Å². The first kappa shape index (κ1) is 16.6. The van der Waals surface area contributed by atoms with Crippen LogP contribution in [0, 0.1) is 23.2 Å². The Morgan fingerprint density at radius 1 is 1.19 bits per heavy atom. The van der Waals surface area contributed by atoms with E-state index in [0.29, 0.717) is 17.8 Å². The quantitative estimate of drug-likeness (QED) is 0.530. The van der Waals surface area contributed by atoms with E-state index in [9.17, 15) is 4.79 Å². The van der Waals surface area contributed by atoms with Crippen LogP contribution in [0.3, 0.4) is 0 Å². The van der Waals surface area contributed by atoms with Crippen LogP contribution in [0.4, 0.5) is 0 Å². The topological polar surface area (TPSA) is 26.3 Å². The van der Waals surface area contributed by atoms with Gasteiger partial charge in [0.25, 0.3) is 0 Å². The molecule has 2 aliphatic carbocycles. The molecule has 0 aromatic heterocycles. The fraction of sp³-hybridized carbons (Fsp3) is 0.842. The number of rotatable bonds is 4. The Hall–Kier alpha value is -0.790. The standard InChI is InChI=1S/C19H32O2/c1-13(2)11-19(12-15(19)4)17(20)21-18(5,6)16-10-8-7-9-14(16)3/h11,14-16H,7-10,12H2,1-6H3. The molecule has 2 nitrogen and oxygen atoms in total. The number of hydrogen-bond acceptors (Lipinski definition) is 2. The summed E-state index contributed by atoms with van der Waals surface area (Å²) in [5.74, 6) is 1.56. The Balaban J connectivity index is 2.09. The van der Waals surface area contributed by atoms with Crippen LogP contribution in [0.2, 0.25) is 0 Å². The first-order chi connectivity index (χ1) is 9.69. The fourth-order valence-electron chi connectivity index (χ4n) is 4.27. The number of carbonyl (C=O) groups is 1. The zero-order chi connectivity index (χ0) is 15.8. The second kappa shape index (κ2) is 5.78. The zero-order valence-electron chi connectivity index (χ0n) is 14.7. The molecule has 21 heavy (non-hydrogen) atoms. The maximum Gasteiger partial charge on any atom is 0.316 e. The summed E-state index contributed by atoms with van der Waals surface area (Å²) in [7, 11) is 0. The third-order valence-corrected chi connectivity index (χ3v) is 5.65. The molecule has 4 unspecified atom stereocenters. The summed E-state index contributed by atoms with van der Waals surface area (Å²) in [5.41, 5.74) is 0.524. The summed E-state index contributed by atoms with van der Waals surface area (Å²) in [6.07, 6.45) is 8.10. The molecular formula is C19H32O2. The van der Waals surface area contributed by atoms with Crippen LogP contribution in [0.1, 0.15) is 73.6 Å². The van der Waals surface area contributed by atoms with Crippen LogP contribution in [0.25, 0.3) is 0 Å². The van der Waals surface area contributed by atoms with Gasteiger partial charge in [-0.15, -0.1) is 0 Å². The zero-order valence-corrected chi connectivity index (χ0v) is 14.7. The molecule has 2 saturated carbocycles. The van der Waals surface area contributed by atoms with Crippen molar-refractivity contribution in [3.63, 3.8) is 0 Å². The number of ether oxygens (including phenoxy) is 1. The molecule has 0 aromatic carbocycles. The maximum absolute atomic E-state index is 12.8. The average Bonchev–Trinajstić information content (AvgIpc) is 2.99. The van der Waals surface area contributed by atoms with Crippen LogP contribution >= 0.6 is 0 Å². The molecule has 2 heteroatoms. The van der Waals surface area contributed by atoms with E-state index in [0.717, 1.165) is 6.42 Å². The van der Waals surface area contributed by atoms with Crippen molar-refractivity contribution in [2.45, 2.75) is 79.2 Å². The van der Waals surface area contributed by atoms with Gasteiger partial charge in [-0.2, -0.15) is 0 Å². The molecule has 2 aliphatic rings. The number of allylic oxidation sites excluding steroid dienone is 1. The van der Waals surface area contributed by atoms with Gasteiger partial charge in [0.1, 0.15) is 5.60 Å². The molecule has 0 saturated heterocycles. The second-order valence-electron chi connectivity index (χ2n) is 8.23. The van der Waals surface area contributed by atoms with Crippen molar-refractivity contribution in [1.29, 1.82) is 0 Å². The summed E-state index contributed by atoms with van der Waals surface area (Å²) < 4.78 is 6.06. The lowest BCUT2D eigenvalue weighted by atomic mass is 9.72. The van der Waals surface area contributed by atoms with Gasteiger partial charge in [-0.05, 0) is 52.4 Å². The average molecular weight is 292 g/mol. The Morgan fingerprint density at radius 3 is 2.24 bits per heavy atom. The molecular weight excluding hydrogens is 260 g/mol. The van der Waals surface area contributed by atoms with Gasteiger partial charge in [0.05, 0.1) is 5.41 Å². The molecule has 0 spiro atoms. The van der Waals surface area contributed by atoms with E-state index < -0.39 is 0 Å². The van der Waals surface area contributed by atoms with Gasteiger partial charge in [-0.3, -0.25) is 4.79 Å². The highest BCUT2D eigenvalue weighted by molar-refractivity contribution is 5.83. The highest BCUT2D eigenvalue weighted by atomic mass is 16.6. The molecule has 0 aliphatic heterocycles. The van der Waals surface area contributed by atoms with Crippen LogP contribution in [-0.2, 0) is 9.53 Å². The lowest BCUT2D eigenvalue weighted by Gasteiger charge is -2.41. The van der Waals surface area contributed by atoms with Crippen molar-refractivity contribution in [3.05, 3.63) is 11.6 Å². The van der Waals surface area contributed by atoms with Gasteiger partial charge in [0.2, 0.25) is 0 Å². The van der Waals surface area contributed by atoms with E-state index in [-0.39, 0.29) is 17.0 Å². The van der Waals surface area contributed by atoms with E-state index in [1.165, 1.54) is 31.3 Å². The van der Waals surface area contributed by atoms with Crippen molar-refractivity contribution in [2.24, 2.45) is 23.2 Å². The van der Waals surface area contributed by atoms with Crippen LogP contribution in [0.15, 0.2) is 11.6 Å². The summed E-state index contributed by atoms with van der Waals surface area (Å²) in [5, 5.41) is 0. The third-order valence-electron chi connectivity index (χ3n) is 5.65. The predicted molar refractivity (Wildman–Crippen MR) is 86.9 cm³/mol. The minimum Gasteiger partial charge on any atom is -0.459 e. The number of hydrogen-bond donors (Lipinski definition) is 0. The maximum atomic E-state index is 12.8. The molecule has 0 N–H and O–H groups in total. The lowest BCUT2D eigenvalue weighted by molar-refractivity contribution is -0.170. The van der Waals surface area contributed by atoms with Gasteiger partial charge < -0.3 is 4.74 Å². The molecule has 2 rings (SSSR count). The third kappa shape index (κ3) is 3.35. The van der Waals surface area contributed by atoms with E-state index in [2.05, 4.69) is 47.6 Å². The van der Waals surface area contributed by atoms with Crippen molar-refractivity contribution in [1.82, 2.24) is 0 Å². The fourth-order valence-corrected chi connectivity index (χ4v) is 4.27. The Morgan fingerprint density at radius 2 is 1.76 bits per heavy atom. The van der Waals surface area contributed by atoms with Gasteiger partial charge >= 0.3 is 5.97 Å². The van der Waals surface area contributed by atoms with Crippen LogP contribution < -0.4 is 0 Å². The number of carbonyl (C=O) groups excluding carboxylic acids is 1. The van der Waals surface area contributed by atoms with Crippen molar-refractivity contribution in [2.75, 3.05) is 0 Å². The van der Waals surface area contributed by atoms with E-state index in [1.54, 1.807) is 0 Å². The van der Waals surface area contributed by atoms with E-state index >= 15 is 0 Å². The monoisotopic (exact) mass is 292 g/mol. The lowest BCUT2D eigenvalue weighted by Crippen LogP contribution is -2.43. The SMILES string of the molecule is CC(C)=CC1(C(=O)OC(C)(C)C2CCCCC2C)CC1C. The van der Waals surface area contributed by atoms with Gasteiger partial charge in [0, 0.05) is 5.92 Å². The molecule has 0 radical (unpaired) electrons. The summed E-state index contributed by atoms with van der Waals surface area (Å²) in [6, 6.07) is 0. The van der Waals surface area contributed by atoms with Gasteiger partial charge in [-0.1, -0.05) is 44.8 Å². The molecule has 4 atom stereocenters. The molecule has 120 valence electrons. The largest absolute Gasteiger partial charge is 0.459 e. The van der Waals surface area contributed by atoms with E-state index in [1.807, 2.05) is 0 Å². The predicted octanol–water partition coefficient (Wildman–Crippen LogP) is 5.13. The summed E-state index contributed by atoms with van der Waals surface area (Å²) in [6.45, 7) is 12.8. The highest BCUT2D eigenvalue weighted by Gasteiger charge is 2.58. The van der Waals surface area contributed by atoms with Crippen molar-refractivity contribution >= 4 is 5.97 Å². The van der Waals surface area contributed by atoms with Gasteiger partial charge in [0.15, 0.2) is 0 Å². The Kier molecular flexibility index (Phi) is 4.56. The Labute approximate surface area is 130 Å². The highest BCUT2D eigenvalue weighted by Crippen LogP contribution is 2.56. The van der Waals surface area contributed by atoms with Gasteiger partial charge in [-0.25, -0.2) is 0 Å². The summed E-state index contributed by atoms with van der Waals surface area (Å²) >= 11 is 0. The molecule has 0 bridgehead atoms. The van der Waals surface area contributed by atoms with E-state index in [4.69, 9.17) is 4.74 Å². The smallest absolute Gasteiger partial charge is 0.316 e. The first-order valence-corrected chi connectivity index (χ1v) is 8.58. The second-order valence-corrected chi connectivity index (χ2v) is 8.23. The molecule has 0 aromatic rings. The normalized spacial score (nSPS) is 36.0. The molecule has 2 fully saturated rings. The minimum absolute atomic E-state index is 0.000950. The van der Waals surface area contributed by atoms with Crippen LogP contribution in [0.5, 0.6) is 0 Å². The van der Waals surface area contributed by atoms with Crippen molar-refractivity contribution in [3.8, 4) is 0 Å². The number of esters is 1. The first-order valence-electron chi connectivity index (χ1n) is 8.58. The minimum atomic E-state index is -0.346.